The van der Waals surface area contributed by atoms with Crippen LogP contribution < -0.4 is 15.4 Å². The van der Waals surface area contributed by atoms with Gasteiger partial charge in [0.15, 0.2) is 28.6 Å². The highest BCUT2D eigenvalue weighted by molar-refractivity contribution is 5.90. The lowest BCUT2D eigenvalue weighted by molar-refractivity contribution is -0.141. The first kappa shape index (κ1) is 27.4. The minimum Gasteiger partial charge on any atom is -0.497 e. The van der Waals surface area contributed by atoms with Crippen molar-refractivity contribution in [1.82, 2.24) is 29.5 Å². The predicted molar refractivity (Wildman–Crippen MR) is 142 cm³/mol. The van der Waals surface area contributed by atoms with E-state index in [4.69, 9.17) is 4.74 Å². The van der Waals surface area contributed by atoms with Crippen molar-refractivity contribution >= 4 is 34.4 Å². The van der Waals surface area contributed by atoms with E-state index in [0.717, 1.165) is 17.8 Å². The van der Waals surface area contributed by atoms with Gasteiger partial charge in [0.1, 0.15) is 28.8 Å². The highest BCUT2D eigenvalue weighted by atomic mass is 19.4. The molecule has 0 atom stereocenters. The molecule has 0 aliphatic rings. The van der Waals surface area contributed by atoms with E-state index in [1.54, 1.807) is 30.7 Å². The topological polar surface area (TPSA) is 120 Å². The number of rotatable bonds is 7. The number of aryl methyl sites for hydroxylation is 1. The normalized spacial score (nSPS) is 11.5. The van der Waals surface area contributed by atoms with Crippen molar-refractivity contribution in [3.05, 3.63) is 77.6 Å². The van der Waals surface area contributed by atoms with E-state index in [0.29, 0.717) is 18.1 Å². The number of aromatic nitrogens is 6. The van der Waals surface area contributed by atoms with Gasteiger partial charge in [0, 0.05) is 13.0 Å². The zero-order valence-corrected chi connectivity index (χ0v) is 21.9. The fourth-order valence-electron chi connectivity index (χ4n) is 4.04. The second kappa shape index (κ2) is 10.8. The maximum atomic E-state index is 14.8. The molecule has 4 heterocycles. The van der Waals surface area contributed by atoms with Crippen molar-refractivity contribution in [1.29, 1.82) is 0 Å². The summed E-state index contributed by atoms with van der Waals surface area (Å²) in [6, 6.07) is 12.0. The Morgan fingerprint density at radius 3 is 2.49 bits per heavy atom. The summed E-state index contributed by atoms with van der Waals surface area (Å²) < 4.78 is 62.0. The van der Waals surface area contributed by atoms with E-state index in [9.17, 15) is 22.4 Å². The molecule has 4 aromatic heterocycles. The molecule has 1 amide bonds. The molecule has 5 aromatic rings. The Morgan fingerprint density at radius 2 is 1.80 bits per heavy atom. The summed E-state index contributed by atoms with van der Waals surface area (Å²) in [5.74, 6) is -0.0303. The number of hydrogen-bond acceptors (Lipinski definition) is 8. The Morgan fingerprint density at radius 1 is 1.05 bits per heavy atom. The van der Waals surface area contributed by atoms with Crippen LogP contribution in [0.2, 0.25) is 0 Å². The van der Waals surface area contributed by atoms with E-state index >= 15 is 0 Å². The van der Waals surface area contributed by atoms with E-state index in [-0.39, 0.29) is 40.0 Å². The van der Waals surface area contributed by atoms with Gasteiger partial charge in [-0.25, -0.2) is 29.3 Å². The number of ether oxygens (including phenoxy) is 1. The van der Waals surface area contributed by atoms with Crippen LogP contribution in [-0.4, -0.2) is 42.5 Å². The van der Waals surface area contributed by atoms with Gasteiger partial charge in [-0.3, -0.25) is 4.79 Å². The molecule has 210 valence electrons. The number of benzene rings is 1. The van der Waals surface area contributed by atoms with Crippen LogP contribution in [0.25, 0.3) is 22.7 Å². The molecule has 41 heavy (non-hydrogen) atoms. The first-order chi connectivity index (χ1) is 19.5. The molecule has 0 aliphatic carbocycles. The molecule has 0 saturated carbocycles. The lowest BCUT2D eigenvalue weighted by atomic mass is 10.2. The monoisotopic (exact) mass is 566 g/mol. The second-order valence-corrected chi connectivity index (χ2v) is 8.92. The van der Waals surface area contributed by atoms with E-state index in [1.165, 1.54) is 25.1 Å². The maximum Gasteiger partial charge on any atom is 0.433 e. The molecule has 0 unspecified atom stereocenters. The van der Waals surface area contributed by atoms with Crippen LogP contribution in [0.4, 0.5) is 34.9 Å². The summed E-state index contributed by atoms with van der Waals surface area (Å²) in [6.07, 6.45) is -3.77. The van der Waals surface area contributed by atoms with Gasteiger partial charge in [-0.05, 0) is 36.8 Å². The summed E-state index contributed by atoms with van der Waals surface area (Å²) in [5.41, 5.74) is 0.0323. The number of halogens is 4. The van der Waals surface area contributed by atoms with Crippen molar-refractivity contribution in [3.8, 4) is 17.3 Å². The number of carbonyl (C=O) groups excluding carboxylic acids is 1. The van der Waals surface area contributed by atoms with Crippen molar-refractivity contribution < 1.29 is 27.1 Å². The number of nitrogens with zero attached hydrogens (tertiary/aromatic N) is 6. The van der Waals surface area contributed by atoms with Crippen molar-refractivity contribution in [2.24, 2.45) is 0 Å². The van der Waals surface area contributed by atoms with E-state index in [2.05, 4.69) is 35.6 Å². The summed E-state index contributed by atoms with van der Waals surface area (Å²) in [7, 11) is 1.56. The number of carbonyl (C=O) groups is 1. The second-order valence-electron chi connectivity index (χ2n) is 8.92. The molecule has 0 fully saturated rings. The molecule has 0 bridgehead atoms. The van der Waals surface area contributed by atoms with Crippen LogP contribution >= 0.6 is 0 Å². The van der Waals surface area contributed by atoms with Crippen molar-refractivity contribution in [3.63, 3.8) is 0 Å². The Labute approximate surface area is 230 Å². The quantitative estimate of drug-likeness (QED) is 0.248. The Hall–Kier alpha value is -5.14. The number of nitrogens with one attached hydrogen (secondary N) is 2. The maximum absolute atomic E-state index is 14.8. The molecule has 0 aliphatic heterocycles. The van der Waals surface area contributed by atoms with Crippen LogP contribution in [-0.2, 0) is 17.5 Å². The summed E-state index contributed by atoms with van der Waals surface area (Å²) >= 11 is 0. The average molecular weight is 567 g/mol. The predicted octanol–water partition coefficient (Wildman–Crippen LogP) is 5.51. The number of imidazole rings is 1. The number of hydrogen-bond donors (Lipinski definition) is 2. The van der Waals surface area contributed by atoms with Crippen LogP contribution in [0.15, 0.2) is 54.7 Å². The third kappa shape index (κ3) is 5.90. The highest BCUT2D eigenvalue weighted by Crippen LogP contribution is 2.32. The molecular weight excluding hydrogens is 544 g/mol. The number of pyridine rings is 2. The largest absolute Gasteiger partial charge is 0.497 e. The number of anilines is 3. The molecule has 14 heteroatoms. The van der Waals surface area contributed by atoms with Gasteiger partial charge < -0.3 is 19.9 Å². The lowest BCUT2D eigenvalue weighted by Crippen LogP contribution is -2.10. The van der Waals surface area contributed by atoms with Gasteiger partial charge in [-0.1, -0.05) is 18.2 Å². The van der Waals surface area contributed by atoms with Crippen molar-refractivity contribution in [2.45, 2.75) is 26.6 Å². The van der Waals surface area contributed by atoms with E-state index in [1.807, 2.05) is 12.1 Å². The van der Waals surface area contributed by atoms with Crippen LogP contribution in [0, 0.1) is 12.7 Å². The van der Waals surface area contributed by atoms with Gasteiger partial charge in [0.2, 0.25) is 5.91 Å². The number of alkyl halides is 3. The number of amides is 1. The van der Waals surface area contributed by atoms with Gasteiger partial charge >= 0.3 is 6.18 Å². The Balaban J connectivity index is 1.67. The third-order valence-corrected chi connectivity index (χ3v) is 5.97. The van der Waals surface area contributed by atoms with Crippen LogP contribution in [0.1, 0.15) is 24.0 Å². The van der Waals surface area contributed by atoms with Crippen LogP contribution in [0.3, 0.4) is 0 Å². The first-order valence-electron chi connectivity index (χ1n) is 12.1. The van der Waals surface area contributed by atoms with Gasteiger partial charge in [-0.15, -0.1) is 0 Å². The zero-order valence-electron chi connectivity index (χ0n) is 21.9. The molecule has 0 saturated heterocycles. The van der Waals surface area contributed by atoms with Gasteiger partial charge in [-0.2, -0.15) is 13.2 Å². The van der Waals surface area contributed by atoms with Gasteiger partial charge in [0.25, 0.3) is 0 Å². The summed E-state index contributed by atoms with van der Waals surface area (Å²) in [5, 5.41) is 5.31. The lowest BCUT2D eigenvalue weighted by Gasteiger charge is -2.12. The molecule has 5 rings (SSSR count). The molecule has 10 nitrogen and oxygen atoms in total. The minimum atomic E-state index is -4.69. The smallest absolute Gasteiger partial charge is 0.433 e. The minimum absolute atomic E-state index is 0.0136. The summed E-state index contributed by atoms with van der Waals surface area (Å²) in [6.45, 7) is 3.33. The highest BCUT2D eigenvalue weighted by Gasteiger charge is 2.33. The van der Waals surface area contributed by atoms with Crippen LogP contribution in [0.5, 0.6) is 5.75 Å². The third-order valence-electron chi connectivity index (χ3n) is 5.97. The summed E-state index contributed by atoms with van der Waals surface area (Å²) in [4.78, 5) is 32.5. The van der Waals surface area contributed by atoms with Crippen molar-refractivity contribution in [2.75, 3.05) is 17.7 Å². The van der Waals surface area contributed by atoms with Gasteiger partial charge in [0.05, 0.1) is 25.5 Å². The molecular formula is C27H22F4N8O2. The average Bonchev–Trinajstić information content (AvgIpc) is 3.25. The zero-order chi connectivity index (χ0) is 29.3. The molecule has 0 radical (unpaired) electrons. The SMILES string of the molecule is COc1ccc(Cn2c(C)nc3c(Nc4cc(NC(C)=O)ncc4F)nc(-c4cccc(C(F)(F)F)n4)nc32)cc1. The molecule has 2 N–H and O–H groups in total. The Bertz CT molecular complexity index is 1750. The molecule has 1 aromatic carbocycles. The fourth-order valence-corrected chi connectivity index (χ4v) is 4.04. The molecule has 0 spiro atoms. The standard InChI is InChI=1S/C27H22F4N8O2/c1-14-33-23-25(36-20-11-22(34-15(2)40)32-12-18(20)28)37-24(19-5-4-6-21(35-19)27(29,30)31)38-26(23)39(14)13-16-7-9-17(41-3)10-8-16/h4-12H,13H2,1-3H3,(H2,32,34,36,37,38,40). The Kier molecular flexibility index (Phi) is 7.22. The number of fused-ring (bicyclic) bond motifs is 1. The first-order valence-corrected chi connectivity index (χ1v) is 12.1. The van der Waals surface area contributed by atoms with E-state index < -0.39 is 23.6 Å². The number of methoxy groups -OCH3 is 1. The fraction of sp³-hybridized carbons (Fsp3) is 0.185.